The lowest BCUT2D eigenvalue weighted by molar-refractivity contribution is -0.0361. The van der Waals surface area contributed by atoms with Crippen molar-refractivity contribution in [2.75, 3.05) is 5.32 Å². The third kappa shape index (κ3) is 3.96. The molecule has 0 saturated heterocycles. The van der Waals surface area contributed by atoms with Gasteiger partial charge in [0.2, 0.25) is 5.92 Å². The Kier molecular flexibility index (Phi) is 4.48. The maximum atomic E-state index is 13.2. The van der Waals surface area contributed by atoms with E-state index >= 15 is 0 Å². The van der Waals surface area contributed by atoms with Crippen molar-refractivity contribution in [2.24, 2.45) is 0 Å². The third-order valence-electron chi connectivity index (χ3n) is 3.90. The van der Waals surface area contributed by atoms with Crippen LogP contribution >= 0.6 is 11.6 Å². The molecule has 124 valence electrons. The van der Waals surface area contributed by atoms with Crippen LogP contribution in [0.15, 0.2) is 18.3 Å². The van der Waals surface area contributed by atoms with Crippen molar-refractivity contribution in [3.63, 3.8) is 0 Å². The molecule has 1 aliphatic carbocycles. The van der Waals surface area contributed by atoms with E-state index in [1.807, 2.05) is 13.0 Å². The molecular formula is C15H18ClF2N5. The van der Waals surface area contributed by atoms with Crippen LogP contribution in [-0.2, 0) is 5.88 Å². The molecule has 1 N–H and O–H groups in total. The molecule has 5 nitrogen and oxygen atoms in total. The van der Waals surface area contributed by atoms with Crippen molar-refractivity contribution < 1.29 is 8.78 Å². The van der Waals surface area contributed by atoms with Crippen molar-refractivity contribution in [3.05, 3.63) is 29.7 Å². The monoisotopic (exact) mass is 341 g/mol. The first-order valence-corrected chi connectivity index (χ1v) is 8.09. The Morgan fingerprint density at radius 3 is 2.74 bits per heavy atom. The molecule has 0 atom stereocenters. The van der Waals surface area contributed by atoms with Gasteiger partial charge in [0.25, 0.3) is 5.95 Å². The van der Waals surface area contributed by atoms with Gasteiger partial charge < -0.3 is 5.32 Å². The van der Waals surface area contributed by atoms with Gasteiger partial charge in [-0.1, -0.05) is 0 Å². The Morgan fingerprint density at radius 2 is 2.09 bits per heavy atom. The molecule has 0 aliphatic heterocycles. The van der Waals surface area contributed by atoms with E-state index in [4.69, 9.17) is 11.6 Å². The van der Waals surface area contributed by atoms with Crippen molar-refractivity contribution in [1.82, 2.24) is 19.7 Å². The number of aryl methyl sites for hydroxylation is 1. The molecule has 0 radical (unpaired) electrons. The molecule has 23 heavy (non-hydrogen) atoms. The highest BCUT2D eigenvalue weighted by Gasteiger charge is 2.34. The first kappa shape index (κ1) is 16.1. The maximum Gasteiger partial charge on any atom is 0.252 e. The average Bonchev–Trinajstić information content (AvgIpc) is 2.98. The van der Waals surface area contributed by atoms with Gasteiger partial charge in [0.05, 0.1) is 11.6 Å². The number of nitrogens with one attached hydrogen (secondary N) is 1. The normalized spacial score (nSPS) is 18.1. The van der Waals surface area contributed by atoms with Crippen LogP contribution in [-0.4, -0.2) is 31.7 Å². The summed E-state index contributed by atoms with van der Waals surface area (Å²) in [6.45, 7) is 1.86. The van der Waals surface area contributed by atoms with E-state index in [1.54, 1.807) is 16.9 Å². The number of halogens is 3. The molecule has 1 fully saturated rings. The largest absolute Gasteiger partial charge is 0.367 e. The Morgan fingerprint density at radius 1 is 1.35 bits per heavy atom. The first-order chi connectivity index (χ1) is 10.9. The second-order valence-corrected chi connectivity index (χ2v) is 6.12. The lowest BCUT2D eigenvalue weighted by Crippen LogP contribution is -2.32. The summed E-state index contributed by atoms with van der Waals surface area (Å²) < 4.78 is 28.0. The van der Waals surface area contributed by atoms with E-state index in [0.29, 0.717) is 30.5 Å². The minimum atomic E-state index is -2.53. The Hall–Kier alpha value is -1.76. The van der Waals surface area contributed by atoms with Gasteiger partial charge in [0.15, 0.2) is 0 Å². The third-order valence-corrected chi connectivity index (χ3v) is 4.17. The van der Waals surface area contributed by atoms with E-state index in [1.165, 1.54) is 0 Å². The van der Waals surface area contributed by atoms with Crippen LogP contribution in [0.1, 0.15) is 37.1 Å². The highest BCUT2D eigenvalue weighted by Crippen LogP contribution is 2.34. The molecule has 0 aromatic carbocycles. The minimum Gasteiger partial charge on any atom is -0.367 e. The second kappa shape index (κ2) is 6.39. The van der Waals surface area contributed by atoms with Crippen LogP contribution in [0.2, 0.25) is 0 Å². The summed E-state index contributed by atoms with van der Waals surface area (Å²) in [5.41, 5.74) is 1.52. The molecule has 0 unspecified atom stereocenters. The van der Waals surface area contributed by atoms with E-state index in [0.717, 1.165) is 11.4 Å². The summed E-state index contributed by atoms with van der Waals surface area (Å²) in [5.74, 6) is -1.14. The van der Waals surface area contributed by atoms with Gasteiger partial charge in [0.1, 0.15) is 5.82 Å². The lowest BCUT2D eigenvalue weighted by atomic mass is 9.92. The molecular weight excluding hydrogens is 324 g/mol. The zero-order valence-electron chi connectivity index (χ0n) is 12.8. The summed E-state index contributed by atoms with van der Waals surface area (Å²) >= 11 is 5.75. The van der Waals surface area contributed by atoms with Crippen molar-refractivity contribution in [3.8, 4) is 5.95 Å². The molecule has 0 amide bonds. The summed E-state index contributed by atoms with van der Waals surface area (Å²) in [7, 11) is 0. The van der Waals surface area contributed by atoms with E-state index in [-0.39, 0.29) is 18.9 Å². The predicted octanol–water partition coefficient (Wildman–Crippen LogP) is 3.70. The van der Waals surface area contributed by atoms with E-state index in [9.17, 15) is 8.78 Å². The Balaban J connectivity index is 1.75. The summed E-state index contributed by atoms with van der Waals surface area (Å²) in [4.78, 5) is 8.78. The predicted molar refractivity (Wildman–Crippen MR) is 84.3 cm³/mol. The second-order valence-electron chi connectivity index (χ2n) is 5.85. The summed E-state index contributed by atoms with van der Waals surface area (Å²) in [6, 6.07) is 3.62. The SMILES string of the molecule is Cc1cc(NC2CCC(F)(F)CC2)nc(-n2ccc(CCl)n2)n1. The van der Waals surface area contributed by atoms with Gasteiger partial charge in [0, 0.05) is 36.8 Å². The minimum absolute atomic E-state index is 0.00722. The van der Waals surface area contributed by atoms with E-state index < -0.39 is 5.92 Å². The number of alkyl halides is 3. The number of hydrogen-bond acceptors (Lipinski definition) is 4. The summed E-state index contributed by atoms with van der Waals surface area (Å²) in [6.07, 6.45) is 2.45. The van der Waals surface area contributed by atoms with Gasteiger partial charge in [-0.25, -0.2) is 18.4 Å². The summed E-state index contributed by atoms with van der Waals surface area (Å²) in [5, 5.41) is 7.52. The van der Waals surface area contributed by atoms with Crippen LogP contribution in [0.3, 0.4) is 0 Å². The highest BCUT2D eigenvalue weighted by atomic mass is 35.5. The molecule has 1 saturated carbocycles. The van der Waals surface area contributed by atoms with Gasteiger partial charge in [-0.3, -0.25) is 0 Å². The Bertz CT molecular complexity index is 678. The molecule has 0 spiro atoms. The fraction of sp³-hybridized carbons (Fsp3) is 0.533. The Labute approximate surface area is 138 Å². The van der Waals surface area contributed by atoms with Crippen LogP contribution in [0.4, 0.5) is 14.6 Å². The zero-order chi connectivity index (χ0) is 16.4. The molecule has 0 bridgehead atoms. The zero-order valence-corrected chi connectivity index (χ0v) is 13.5. The fourth-order valence-corrected chi connectivity index (χ4v) is 2.81. The fourth-order valence-electron chi connectivity index (χ4n) is 2.67. The van der Waals surface area contributed by atoms with Crippen LogP contribution in [0, 0.1) is 6.92 Å². The quantitative estimate of drug-likeness (QED) is 0.861. The molecule has 2 heterocycles. The molecule has 2 aromatic heterocycles. The van der Waals surface area contributed by atoms with Crippen molar-refractivity contribution in [2.45, 2.75) is 50.5 Å². The van der Waals surface area contributed by atoms with Crippen LogP contribution in [0.25, 0.3) is 5.95 Å². The van der Waals surface area contributed by atoms with Gasteiger partial charge in [-0.2, -0.15) is 10.1 Å². The van der Waals surface area contributed by atoms with Crippen LogP contribution < -0.4 is 5.32 Å². The number of nitrogens with zero attached hydrogens (tertiary/aromatic N) is 4. The van der Waals surface area contributed by atoms with Gasteiger partial charge >= 0.3 is 0 Å². The molecule has 3 rings (SSSR count). The molecule has 1 aliphatic rings. The van der Waals surface area contributed by atoms with Gasteiger partial charge in [-0.05, 0) is 25.8 Å². The maximum absolute atomic E-state index is 13.2. The number of rotatable bonds is 4. The lowest BCUT2D eigenvalue weighted by Gasteiger charge is -2.29. The highest BCUT2D eigenvalue weighted by molar-refractivity contribution is 6.16. The van der Waals surface area contributed by atoms with Crippen molar-refractivity contribution >= 4 is 17.4 Å². The average molecular weight is 342 g/mol. The van der Waals surface area contributed by atoms with E-state index in [2.05, 4.69) is 20.4 Å². The topological polar surface area (TPSA) is 55.6 Å². The standard InChI is InChI=1S/C15H18ClF2N5/c1-10-8-13(20-11-2-5-15(17,18)6-3-11)21-14(19-10)23-7-4-12(9-16)22-23/h4,7-8,11H,2-3,5-6,9H2,1H3,(H,19,20,21). The molecule has 2 aromatic rings. The first-order valence-electron chi connectivity index (χ1n) is 7.56. The number of hydrogen-bond donors (Lipinski definition) is 1. The molecule has 8 heteroatoms. The van der Waals surface area contributed by atoms with Crippen LogP contribution in [0.5, 0.6) is 0 Å². The number of aromatic nitrogens is 4. The van der Waals surface area contributed by atoms with Crippen molar-refractivity contribution in [1.29, 1.82) is 0 Å². The van der Waals surface area contributed by atoms with Gasteiger partial charge in [-0.15, -0.1) is 11.6 Å². The number of anilines is 1. The smallest absolute Gasteiger partial charge is 0.252 e.